The molecular formula is C16H20N2OS. The monoisotopic (exact) mass is 288 g/mol. The summed E-state index contributed by atoms with van der Waals surface area (Å²) in [5.74, 6) is 0.613. The van der Waals surface area contributed by atoms with Gasteiger partial charge >= 0.3 is 0 Å². The lowest BCUT2D eigenvalue weighted by atomic mass is 9.98. The zero-order valence-electron chi connectivity index (χ0n) is 12.2. The van der Waals surface area contributed by atoms with E-state index in [2.05, 4.69) is 37.4 Å². The summed E-state index contributed by atoms with van der Waals surface area (Å²) in [6.07, 6.45) is 2.07. The van der Waals surface area contributed by atoms with Crippen LogP contribution in [0, 0.1) is 31.1 Å². The molecule has 0 bridgehead atoms. The van der Waals surface area contributed by atoms with Crippen molar-refractivity contribution in [2.75, 3.05) is 5.75 Å². The number of carbonyl (C=O) groups excluding carboxylic acids is 1. The van der Waals surface area contributed by atoms with Crippen molar-refractivity contribution < 1.29 is 4.79 Å². The summed E-state index contributed by atoms with van der Waals surface area (Å²) in [6.45, 7) is 5.93. The third-order valence-electron chi connectivity index (χ3n) is 3.71. The molecule has 0 radical (unpaired) electrons. The molecule has 0 heterocycles. The van der Waals surface area contributed by atoms with Crippen LogP contribution >= 0.6 is 11.8 Å². The maximum Gasteiger partial charge on any atom is 0.231 e. The van der Waals surface area contributed by atoms with E-state index in [1.807, 2.05) is 13.0 Å². The number of nitriles is 1. The van der Waals surface area contributed by atoms with E-state index < -0.39 is 5.54 Å². The Morgan fingerprint density at radius 3 is 2.75 bits per heavy atom. The highest BCUT2D eigenvalue weighted by molar-refractivity contribution is 8.00. The molecule has 1 aromatic carbocycles. The van der Waals surface area contributed by atoms with Gasteiger partial charge in [0.05, 0.1) is 11.8 Å². The molecule has 2 rings (SSSR count). The lowest BCUT2D eigenvalue weighted by molar-refractivity contribution is -0.119. The van der Waals surface area contributed by atoms with Gasteiger partial charge < -0.3 is 5.32 Å². The van der Waals surface area contributed by atoms with E-state index in [0.717, 1.165) is 17.7 Å². The van der Waals surface area contributed by atoms with Gasteiger partial charge in [0.25, 0.3) is 0 Å². The quantitative estimate of drug-likeness (QED) is 0.846. The van der Waals surface area contributed by atoms with Gasteiger partial charge in [0.15, 0.2) is 0 Å². The highest BCUT2D eigenvalue weighted by atomic mass is 32.2. The van der Waals surface area contributed by atoms with E-state index in [4.69, 9.17) is 0 Å². The Balaban J connectivity index is 1.90. The number of hydrogen-bond donors (Lipinski definition) is 1. The topological polar surface area (TPSA) is 52.9 Å². The van der Waals surface area contributed by atoms with Crippen LogP contribution in [0.25, 0.3) is 0 Å². The molecule has 1 fully saturated rings. The molecule has 0 aromatic heterocycles. The molecular weight excluding hydrogens is 268 g/mol. The van der Waals surface area contributed by atoms with Gasteiger partial charge in [-0.25, -0.2) is 0 Å². The number of benzene rings is 1. The van der Waals surface area contributed by atoms with Crippen LogP contribution in [0.2, 0.25) is 0 Å². The summed E-state index contributed by atoms with van der Waals surface area (Å²) in [5, 5.41) is 12.1. The second kappa shape index (κ2) is 5.88. The van der Waals surface area contributed by atoms with Gasteiger partial charge in [0.1, 0.15) is 5.54 Å². The van der Waals surface area contributed by atoms with Crippen LogP contribution in [0.1, 0.15) is 30.9 Å². The number of thioether (sulfide) groups is 1. The second-order valence-corrected chi connectivity index (χ2v) is 6.71. The highest BCUT2D eigenvalue weighted by Crippen LogP contribution is 2.39. The third kappa shape index (κ3) is 3.55. The van der Waals surface area contributed by atoms with Crippen LogP contribution in [0.15, 0.2) is 23.1 Å². The number of carbonyl (C=O) groups is 1. The number of nitrogens with one attached hydrogen (secondary N) is 1. The van der Waals surface area contributed by atoms with Crippen LogP contribution in [-0.4, -0.2) is 17.2 Å². The van der Waals surface area contributed by atoms with E-state index in [-0.39, 0.29) is 5.91 Å². The second-order valence-electron chi connectivity index (χ2n) is 5.69. The molecule has 3 nitrogen and oxygen atoms in total. The molecule has 1 aliphatic rings. The summed E-state index contributed by atoms with van der Waals surface area (Å²) in [4.78, 5) is 13.1. The minimum Gasteiger partial charge on any atom is -0.337 e. The first-order valence-electron chi connectivity index (χ1n) is 6.87. The lowest BCUT2D eigenvalue weighted by Gasteiger charge is -2.22. The summed E-state index contributed by atoms with van der Waals surface area (Å²) >= 11 is 1.53. The van der Waals surface area contributed by atoms with Crippen molar-refractivity contribution in [2.24, 2.45) is 5.92 Å². The number of nitrogens with zero attached hydrogens (tertiary/aromatic N) is 1. The smallest absolute Gasteiger partial charge is 0.231 e. The Hall–Kier alpha value is -1.47. The maximum absolute atomic E-state index is 12.0. The van der Waals surface area contributed by atoms with Gasteiger partial charge in [-0.15, -0.1) is 11.8 Å². The minimum absolute atomic E-state index is 0.0640. The third-order valence-corrected chi connectivity index (χ3v) is 4.89. The Bertz CT molecular complexity index is 560. The zero-order valence-corrected chi connectivity index (χ0v) is 13.0. The van der Waals surface area contributed by atoms with Crippen molar-refractivity contribution in [2.45, 2.75) is 44.0 Å². The fraction of sp³-hybridized carbons (Fsp3) is 0.500. The van der Waals surface area contributed by atoms with Gasteiger partial charge in [0, 0.05) is 4.90 Å². The normalized spacial score (nSPS) is 17.1. The first-order chi connectivity index (χ1) is 9.44. The molecule has 1 saturated carbocycles. The van der Waals surface area contributed by atoms with Crippen LogP contribution < -0.4 is 5.32 Å². The molecule has 1 aromatic rings. The van der Waals surface area contributed by atoms with Gasteiger partial charge in [-0.1, -0.05) is 17.7 Å². The summed E-state index contributed by atoms with van der Waals surface area (Å²) < 4.78 is 0. The van der Waals surface area contributed by atoms with E-state index in [1.165, 1.54) is 22.9 Å². The number of rotatable bonds is 5. The summed E-state index contributed by atoms with van der Waals surface area (Å²) in [5.41, 5.74) is 1.72. The molecule has 1 amide bonds. The predicted molar refractivity (Wildman–Crippen MR) is 81.5 cm³/mol. The average molecular weight is 288 g/mol. The van der Waals surface area contributed by atoms with Gasteiger partial charge in [-0.3, -0.25) is 4.79 Å². The number of aryl methyl sites for hydroxylation is 2. The molecule has 106 valence electrons. The maximum atomic E-state index is 12.0. The Labute approximate surface area is 124 Å². The molecule has 20 heavy (non-hydrogen) atoms. The number of hydrogen-bond acceptors (Lipinski definition) is 3. The van der Waals surface area contributed by atoms with E-state index in [1.54, 1.807) is 0 Å². The minimum atomic E-state index is -0.694. The van der Waals surface area contributed by atoms with Crippen molar-refractivity contribution in [3.05, 3.63) is 29.3 Å². The molecule has 4 heteroatoms. The van der Waals surface area contributed by atoms with Gasteiger partial charge in [-0.05, 0) is 51.2 Å². The average Bonchev–Trinajstić information content (AvgIpc) is 3.22. The predicted octanol–water partition coefficient (Wildman–Crippen LogP) is 3.20. The Kier molecular flexibility index (Phi) is 4.39. The van der Waals surface area contributed by atoms with E-state index in [0.29, 0.717) is 11.7 Å². The molecule has 0 saturated heterocycles. The van der Waals surface area contributed by atoms with Gasteiger partial charge in [-0.2, -0.15) is 5.26 Å². The Morgan fingerprint density at radius 2 is 2.20 bits per heavy atom. The SMILES string of the molecule is Cc1ccc(SCC(=O)N[C@@](C)(C#N)C2CC2)c(C)c1. The molecule has 0 spiro atoms. The Morgan fingerprint density at radius 1 is 1.50 bits per heavy atom. The van der Waals surface area contributed by atoms with Crippen molar-refractivity contribution in [1.29, 1.82) is 5.26 Å². The van der Waals surface area contributed by atoms with Crippen molar-refractivity contribution in [3.63, 3.8) is 0 Å². The van der Waals surface area contributed by atoms with Crippen molar-refractivity contribution >= 4 is 17.7 Å². The fourth-order valence-corrected chi connectivity index (χ4v) is 3.12. The molecule has 0 unspecified atom stereocenters. The lowest BCUT2D eigenvalue weighted by Crippen LogP contribution is -2.47. The van der Waals surface area contributed by atoms with Crippen molar-refractivity contribution in [3.8, 4) is 6.07 Å². The summed E-state index contributed by atoms with van der Waals surface area (Å²) in [6, 6.07) is 8.46. The van der Waals surface area contributed by atoms with Crippen LogP contribution in [0.5, 0.6) is 0 Å². The highest BCUT2D eigenvalue weighted by Gasteiger charge is 2.42. The first kappa shape index (κ1) is 14.9. The first-order valence-corrected chi connectivity index (χ1v) is 7.85. The molecule has 0 aliphatic heterocycles. The van der Waals surface area contributed by atoms with Crippen LogP contribution in [0.4, 0.5) is 0 Å². The van der Waals surface area contributed by atoms with Crippen LogP contribution in [0.3, 0.4) is 0 Å². The fourth-order valence-electron chi connectivity index (χ4n) is 2.31. The molecule has 1 aliphatic carbocycles. The standard InChI is InChI=1S/C16H20N2OS/c1-11-4-7-14(12(2)8-11)20-9-15(19)18-16(3,10-17)13-5-6-13/h4,7-8,13H,5-6,9H2,1-3H3,(H,18,19)/t16-/m0/s1. The van der Waals surface area contributed by atoms with E-state index in [9.17, 15) is 10.1 Å². The molecule has 1 atom stereocenters. The zero-order chi connectivity index (χ0) is 14.8. The summed E-state index contributed by atoms with van der Waals surface area (Å²) in [7, 11) is 0. The van der Waals surface area contributed by atoms with Crippen LogP contribution in [-0.2, 0) is 4.79 Å². The van der Waals surface area contributed by atoms with E-state index >= 15 is 0 Å². The largest absolute Gasteiger partial charge is 0.337 e. The van der Waals surface area contributed by atoms with Gasteiger partial charge in [0.2, 0.25) is 5.91 Å². The number of amides is 1. The van der Waals surface area contributed by atoms with Crippen molar-refractivity contribution in [1.82, 2.24) is 5.32 Å². The molecule has 1 N–H and O–H groups in total.